The van der Waals surface area contributed by atoms with Gasteiger partial charge in [0.25, 0.3) is 0 Å². The van der Waals surface area contributed by atoms with Gasteiger partial charge in [0, 0.05) is 23.6 Å². The molecule has 0 radical (unpaired) electrons. The van der Waals surface area contributed by atoms with Crippen molar-refractivity contribution in [2.24, 2.45) is 11.1 Å². The average Bonchev–Trinajstić information content (AvgIpc) is 2.76. The molecule has 0 spiro atoms. The molecule has 2 N–H and O–H groups in total. The quantitative estimate of drug-likeness (QED) is 0.796. The Morgan fingerprint density at radius 1 is 1.21 bits per heavy atom. The highest BCUT2D eigenvalue weighted by Crippen LogP contribution is 2.41. The number of rotatable bonds is 2. The number of carbonyl (C=O) groups is 1. The lowest BCUT2D eigenvalue weighted by molar-refractivity contribution is -0.137. The molecule has 1 aliphatic carbocycles. The Bertz CT molecular complexity index is 376. The number of thioether (sulfide) groups is 1. The normalized spacial score (nSPS) is 25.9. The maximum Gasteiger partial charge on any atom is 0.235 e. The second kappa shape index (κ2) is 5.60. The van der Waals surface area contributed by atoms with Gasteiger partial charge in [-0.3, -0.25) is 4.79 Å². The van der Waals surface area contributed by atoms with E-state index in [0.29, 0.717) is 4.99 Å². The van der Waals surface area contributed by atoms with Gasteiger partial charge in [-0.25, -0.2) is 0 Å². The van der Waals surface area contributed by atoms with Crippen LogP contribution in [0.3, 0.4) is 0 Å². The van der Waals surface area contributed by atoms with Crippen LogP contribution in [0.15, 0.2) is 0 Å². The monoisotopic (exact) mass is 300 g/mol. The van der Waals surface area contributed by atoms with E-state index in [1.165, 1.54) is 0 Å². The third-order valence-corrected chi connectivity index (χ3v) is 6.23. The van der Waals surface area contributed by atoms with Crippen molar-refractivity contribution in [3.63, 3.8) is 0 Å². The van der Waals surface area contributed by atoms with Crippen LogP contribution in [0.4, 0.5) is 0 Å². The number of carbonyl (C=O) groups excluding carboxylic acids is 1. The molecule has 0 aromatic rings. The van der Waals surface area contributed by atoms with E-state index in [4.69, 9.17) is 18.0 Å². The number of hydrogen-bond acceptors (Lipinski definition) is 3. The van der Waals surface area contributed by atoms with Crippen LogP contribution in [0.1, 0.15) is 46.0 Å². The van der Waals surface area contributed by atoms with Gasteiger partial charge in [0.05, 0.1) is 10.4 Å². The molecule has 2 rings (SSSR count). The largest absolute Gasteiger partial charge is 0.392 e. The fourth-order valence-electron chi connectivity index (χ4n) is 3.07. The molecule has 108 valence electrons. The molecule has 0 aromatic carbocycles. The van der Waals surface area contributed by atoms with Gasteiger partial charge < -0.3 is 10.6 Å². The van der Waals surface area contributed by atoms with Crippen LogP contribution < -0.4 is 5.73 Å². The van der Waals surface area contributed by atoms with Gasteiger partial charge in [0.1, 0.15) is 0 Å². The molecule has 1 aliphatic heterocycles. The number of hydrogen-bond donors (Lipinski definition) is 1. The zero-order valence-corrected chi connectivity index (χ0v) is 13.5. The topological polar surface area (TPSA) is 46.3 Å². The number of amides is 1. The van der Waals surface area contributed by atoms with Gasteiger partial charge in [0.2, 0.25) is 5.91 Å². The third kappa shape index (κ3) is 3.07. The summed E-state index contributed by atoms with van der Waals surface area (Å²) < 4.78 is 0.265. The summed E-state index contributed by atoms with van der Waals surface area (Å²) in [5.74, 6) is 1.20. The first-order valence-electron chi connectivity index (χ1n) is 7.11. The highest BCUT2D eigenvalue weighted by atomic mass is 32.2. The lowest BCUT2D eigenvalue weighted by atomic mass is 9.84. The standard InChI is InChI=1S/C14H24N2OS2/c1-13(2)7-8-16(9-10-19-13)12(17)14(11(15)18)5-3-4-6-14/h3-10H2,1-2H3,(H2,15,18). The first-order chi connectivity index (χ1) is 8.87. The maximum atomic E-state index is 12.9. The summed E-state index contributed by atoms with van der Waals surface area (Å²) in [6, 6.07) is 0. The molecule has 1 amide bonds. The van der Waals surface area contributed by atoms with Crippen LogP contribution in [-0.2, 0) is 4.79 Å². The van der Waals surface area contributed by atoms with E-state index in [-0.39, 0.29) is 10.7 Å². The van der Waals surface area contributed by atoms with Gasteiger partial charge in [-0.15, -0.1) is 0 Å². The Labute approximate surface area is 125 Å². The second-order valence-electron chi connectivity index (χ2n) is 6.30. The molecule has 1 saturated carbocycles. The van der Waals surface area contributed by atoms with E-state index in [2.05, 4.69) is 13.8 Å². The Balaban J connectivity index is 2.12. The van der Waals surface area contributed by atoms with Crippen molar-refractivity contribution < 1.29 is 4.79 Å². The van der Waals surface area contributed by atoms with Crippen molar-refractivity contribution in [2.45, 2.75) is 50.7 Å². The van der Waals surface area contributed by atoms with Crippen LogP contribution in [0.2, 0.25) is 0 Å². The van der Waals surface area contributed by atoms with E-state index in [0.717, 1.165) is 50.9 Å². The lowest BCUT2D eigenvalue weighted by Gasteiger charge is -2.33. The summed E-state index contributed by atoms with van der Waals surface area (Å²) in [7, 11) is 0. The highest BCUT2D eigenvalue weighted by Gasteiger charge is 2.46. The Morgan fingerprint density at radius 3 is 2.42 bits per heavy atom. The molecular weight excluding hydrogens is 276 g/mol. The van der Waals surface area contributed by atoms with E-state index in [9.17, 15) is 4.79 Å². The zero-order valence-electron chi connectivity index (χ0n) is 11.9. The first kappa shape index (κ1) is 15.1. The van der Waals surface area contributed by atoms with Crippen molar-refractivity contribution in [2.75, 3.05) is 18.8 Å². The SMILES string of the molecule is CC1(C)CCN(C(=O)C2(C(N)=S)CCCC2)CCS1. The summed E-state index contributed by atoms with van der Waals surface area (Å²) in [4.78, 5) is 15.3. The minimum absolute atomic E-state index is 0.191. The van der Waals surface area contributed by atoms with E-state index in [1.807, 2.05) is 16.7 Å². The smallest absolute Gasteiger partial charge is 0.235 e. The van der Waals surface area contributed by atoms with Crippen LogP contribution in [0.25, 0.3) is 0 Å². The highest BCUT2D eigenvalue weighted by molar-refractivity contribution is 8.00. The molecule has 3 nitrogen and oxygen atoms in total. The van der Waals surface area contributed by atoms with Crippen LogP contribution >= 0.6 is 24.0 Å². The Kier molecular flexibility index (Phi) is 4.45. The van der Waals surface area contributed by atoms with E-state index < -0.39 is 5.41 Å². The third-order valence-electron chi connectivity index (χ3n) is 4.46. The minimum atomic E-state index is -0.533. The molecule has 1 saturated heterocycles. The van der Waals surface area contributed by atoms with Gasteiger partial charge in [0.15, 0.2) is 0 Å². The summed E-state index contributed by atoms with van der Waals surface area (Å²) in [5.41, 5.74) is 5.38. The minimum Gasteiger partial charge on any atom is -0.392 e. The van der Waals surface area contributed by atoms with Crippen molar-refractivity contribution in [3.05, 3.63) is 0 Å². The molecule has 19 heavy (non-hydrogen) atoms. The van der Waals surface area contributed by atoms with E-state index >= 15 is 0 Å². The molecule has 2 aliphatic rings. The molecular formula is C14H24N2OS2. The molecule has 0 atom stereocenters. The predicted octanol–water partition coefficient (Wildman–Crippen LogP) is 2.58. The van der Waals surface area contributed by atoms with Gasteiger partial charge in [-0.1, -0.05) is 38.9 Å². The molecule has 0 unspecified atom stereocenters. The fourth-order valence-corrected chi connectivity index (χ4v) is 4.46. The van der Waals surface area contributed by atoms with Gasteiger partial charge in [-0.05, 0) is 19.3 Å². The fraction of sp³-hybridized carbons (Fsp3) is 0.857. The van der Waals surface area contributed by atoms with Crippen LogP contribution in [-0.4, -0.2) is 39.4 Å². The molecule has 2 fully saturated rings. The number of nitrogens with two attached hydrogens (primary N) is 1. The van der Waals surface area contributed by atoms with Crippen LogP contribution in [0.5, 0.6) is 0 Å². The maximum absolute atomic E-state index is 12.9. The van der Waals surface area contributed by atoms with Crippen molar-refractivity contribution in [1.82, 2.24) is 4.90 Å². The summed E-state index contributed by atoms with van der Waals surface area (Å²) in [5, 5.41) is 0. The second-order valence-corrected chi connectivity index (χ2v) is 8.55. The molecule has 1 heterocycles. The first-order valence-corrected chi connectivity index (χ1v) is 8.50. The zero-order chi connectivity index (χ0) is 14.1. The number of nitrogens with zero attached hydrogens (tertiary/aromatic N) is 1. The predicted molar refractivity (Wildman–Crippen MR) is 85.4 cm³/mol. The van der Waals surface area contributed by atoms with Crippen molar-refractivity contribution >= 4 is 34.9 Å². The summed E-state index contributed by atoms with van der Waals surface area (Å²) in [6.45, 7) is 6.18. The van der Waals surface area contributed by atoms with Crippen molar-refractivity contribution in [1.29, 1.82) is 0 Å². The summed E-state index contributed by atoms with van der Waals surface area (Å²) >= 11 is 7.17. The van der Waals surface area contributed by atoms with Gasteiger partial charge in [-0.2, -0.15) is 11.8 Å². The molecule has 0 bridgehead atoms. The molecule has 5 heteroatoms. The lowest BCUT2D eigenvalue weighted by Crippen LogP contribution is -2.50. The van der Waals surface area contributed by atoms with E-state index in [1.54, 1.807) is 0 Å². The molecule has 0 aromatic heterocycles. The average molecular weight is 300 g/mol. The van der Waals surface area contributed by atoms with Gasteiger partial charge >= 0.3 is 0 Å². The Hall–Kier alpha value is -0.290. The summed E-state index contributed by atoms with van der Waals surface area (Å²) in [6.07, 6.45) is 4.85. The Morgan fingerprint density at radius 2 is 1.84 bits per heavy atom. The van der Waals surface area contributed by atoms with Crippen molar-refractivity contribution in [3.8, 4) is 0 Å². The van der Waals surface area contributed by atoms with Crippen LogP contribution in [0, 0.1) is 5.41 Å². The number of thiocarbonyl (C=S) groups is 1.